The maximum Gasteiger partial charge on any atom is 0.255 e. The summed E-state index contributed by atoms with van der Waals surface area (Å²) in [4.78, 5) is 27.5. The Bertz CT molecular complexity index is 985. The van der Waals surface area contributed by atoms with Gasteiger partial charge in [-0.1, -0.05) is 24.3 Å². The molecule has 0 aromatic heterocycles. The second-order valence-electron chi connectivity index (χ2n) is 8.43. The molecule has 2 aromatic rings. The van der Waals surface area contributed by atoms with Crippen LogP contribution in [0.15, 0.2) is 48.5 Å². The number of para-hydroxylation sites is 1. The Kier molecular flexibility index (Phi) is 5.03. The first-order valence-electron chi connectivity index (χ1n) is 10.7. The first kappa shape index (κ1) is 19.8. The Morgan fingerprint density at radius 3 is 2.52 bits per heavy atom. The van der Waals surface area contributed by atoms with Gasteiger partial charge in [0.05, 0.1) is 12.7 Å². The van der Waals surface area contributed by atoms with Crippen molar-refractivity contribution in [3.8, 4) is 5.75 Å². The second-order valence-corrected chi connectivity index (χ2v) is 8.43. The van der Waals surface area contributed by atoms with Gasteiger partial charge < -0.3 is 20.3 Å². The molecule has 4 N–H and O–H groups in total. The van der Waals surface area contributed by atoms with Gasteiger partial charge in [0.15, 0.2) is 0 Å². The van der Waals surface area contributed by atoms with Crippen LogP contribution in [0.5, 0.6) is 5.75 Å². The van der Waals surface area contributed by atoms with E-state index in [2.05, 4.69) is 21.5 Å². The van der Waals surface area contributed by atoms with Crippen LogP contribution in [0.2, 0.25) is 0 Å². The van der Waals surface area contributed by atoms with Gasteiger partial charge in [0.25, 0.3) is 5.91 Å². The van der Waals surface area contributed by atoms with Gasteiger partial charge in [-0.25, -0.2) is 10.9 Å². The molecule has 2 saturated heterocycles. The molecule has 2 atom stereocenters. The van der Waals surface area contributed by atoms with E-state index >= 15 is 0 Å². The van der Waals surface area contributed by atoms with E-state index in [4.69, 9.17) is 4.74 Å². The van der Waals surface area contributed by atoms with Crippen molar-refractivity contribution in [2.45, 2.75) is 37.0 Å². The number of nitrogens with zero attached hydrogens (tertiary/aromatic N) is 1. The molecule has 2 fully saturated rings. The number of hydrogen-bond donors (Lipinski definition) is 4. The Hall–Kier alpha value is -3.10. The van der Waals surface area contributed by atoms with Gasteiger partial charge in [0.2, 0.25) is 5.91 Å². The Labute approximate surface area is 181 Å². The van der Waals surface area contributed by atoms with E-state index in [1.54, 1.807) is 7.11 Å². The van der Waals surface area contributed by atoms with Crippen molar-refractivity contribution < 1.29 is 14.3 Å². The normalized spacial score (nSPS) is 24.3. The van der Waals surface area contributed by atoms with Gasteiger partial charge in [-0.2, -0.15) is 0 Å². The zero-order valence-electron chi connectivity index (χ0n) is 17.5. The van der Waals surface area contributed by atoms with E-state index in [9.17, 15) is 9.59 Å². The van der Waals surface area contributed by atoms with Crippen molar-refractivity contribution in [2.24, 2.45) is 0 Å². The van der Waals surface area contributed by atoms with Gasteiger partial charge >= 0.3 is 0 Å². The molecule has 162 valence electrons. The molecule has 3 aliphatic heterocycles. The van der Waals surface area contributed by atoms with Crippen LogP contribution < -0.4 is 26.2 Å². The standard InChI is InChI=1S/C23H27N5O3/c1-31-16-8-6-15(7-9-16)19-14-20(27-26-19)22(30)28-12-10-23(11-13-28)24-18-5-3-2-4-17(18)21(29)25-23/h2-9,19-20,24,26-27H,10-14H2,1H3,(H,25,29). The van der Waals surface area contributed by atoms with Gasteiger partial charge in [-0.3, -0.25) is 9.59 Å². The number of fused-ring (bicyclic) bond motifs is 1. The average Bonchev–Trinajstić information content (AvgIpc) is 3.29. The van der Waals surface area contributed by atoms with Crippen molar-refractivity contribution in [2.75, 3.05) is 25.5 Å². The summed E-state index contributed by atoms with van der Waals surface area (Å²) in [5, 5.41) is 6.63. The molecule has 3 heterocycles. The minimum atomic E-state index is -0.491. The van der Waals surface area contributed by atoms with Crippen molar-refractivity contribution in [1.29, 1.82) is 0 Å². The fourth-order valence-electron chi connectivity index (χ4n) is 4.72. The van der Waals surface area contributed by atoms with Crippen LogP contribution in [-0.4, -0.2) is 48.6 Å². The number of benzene rings is 2. The van der Waals surface area contributed by atoms with Crippen LogP contribution in [0.1, 0.15) is 41.2 Å². The molecule has 2 aromatic carbocycles. The molecule has 3 aliphatic rings. The summed E-state index contributed by atoms with van der Waals surface area (Å²) in [6.45, 7) is 1.19. The molecule has 0 radical (unpaired) electrons. The number of likely N-dealkylation sites (tertiary alicyclic amines) is 1. The Morgan fingerprint density at radius 2 is 1.77 bits per heavy atom. The lowest BCUT2D eigenvalue weighted by molar-refractivity contribution is -0.134. The van der Waals surface area contributed by atoms with E-state index in [0.29, 0.717) is 37.9 Å². The number of piperidine rings is 1. The lowest BCUT2D eigenvalue weighted by Crippen LogP contribution is -2.63. The van der Waals surface area contributed by atoms with E-state index in [1.165, 1.54) is 0 Å². The lowest BCUT2D eigenvalue weighted by atomic mass is 9.92. The van der Waals surface area contributed by atoms with E-state index in [-0.39, 0.29) is 23.9 Å². The van der Waals surface area contributed by atoms with Crippen LogP contribution in [0, 0.1) is 0 Å². The molecule has 0 bridgehead atoms. The number of anilines is 1. The lowest BCUT2D eigenvalue weighted by Gasteiger charge is -2.46. The van der Waals surface area contributed by atoms with Gasteiger partial charge in [-0.05, 0) is 36.2 Å². The van der Waals surface area contributed by atoms with E-state index in [1.807, 2.05) is 53.4 Å². The Balaban J connectivity index is 1.19. The fraction of sp³-hybridized carbons (Fsp3) is 0.391. The van der Waals surface area contributed by atoms with Gasteiger partial charge in [0, 0.05) is 37.7 Å². The predicted octanol–water partition coefficient (Wildman–Crippen LogP) is 1.78. The van der Waals surface area contributed by atoms with Gasteiger partial charge in [-0.15, -0.1) is 0 Å². The monoisotopic (exact) mass is 421 g/mol. The van der Waals surface area contributed by atoms with Crippen LogP contribution in [0.25, 0.3) is 0 Å². The summed E-state index contributed by atoms with van der Waals surface area (Å²) >= 11 is 0. The van der Waals surface area contributed by atoms with E-state index in [0.717, 1.165) is 17.0 Å². The summed E-state index contributed by atoms with van der Waals surface area (Å²) in [7, 11) is 1.65. The first-order chi connectivity index (χ1) is 15.1. The molecule has 8 heteroatoms. The average molecular weight is 422 g/mol. The first-order valence-corrected chi connectivity index (χ1v) is 10.7. The number of nitrogens with one attached hydrogen (secondary N) is 4. The third-order valence-electron chi connectivity index (χ3n) is 6.55. The maximum absolute atomic E-state index is 13.1. The van der Waals surface area contributed by atoms with Crippen LogP contribution in [0.3, 0.4) is 0 Å². The molecular formula is C23H27N5O3. The largest absolute Gasteiger partial charge is 0.497 e. The smallest absolute Gasteiger partial charge is 0.255 e. The molecular weight excluding hydrogens is 394 g/mol. The molecule has 2 unspecified atom stereocenters. The third kappa shape index (κ3) is 3.73. The number of methoxy groups -OCH3 is 1. The third-order valence-corrected chi connectivity index (χ3v) is 6.55. The minimum Gasteiger partial charge on any atom is -0.497 e. The number of rotatable bonds is 3. The SMILES string of the molecule is COc1ccc(C2CC(C(=O)N3CCC4(CC3)NC(=O)c3ccccc3N4)NN2)cc1. The molecule has 31 heavy (non-hydrogen) atoms. The topological polar surface area (TPSA) is 94.7 Å². The molecule has 2 amide bonds. The molecule has 5 rings (SSSR count). The summed E-state index contributed by atoms with van der Waals surface area (Å²) in [6.07, 6.45) is 2.02. The van der Waals surface area contributed by atoms with Crippen molar-refractivity contribution in [3.63, 3.8) is 0 Å². The van der Waals surface area contributed by atoms with Gasteiger partial charge in [0.1, 0.15) is 17.5 Å². The zero-order chi connectivity index (χ0) is 21.4. The van der Waals surface area contributed by atoms with Crippen molar-refractivity contribution in [3.05, 3.63) is 59.7 Å². The highest BCUT2D eigenvalue weighted by Crippen LogP contribution is 2.32. The quantitative estimate of drug-likeness (QED) is 0.604. The minimum absolute atomic E-state index is 0.0573. The van der Waals surface area contributed by atoms with Crippen molar-refractivity contribution in [1.82, 2.24) is 21.1 Å². The number of ether oxygens (including phenoxy) is 1. The van der Waals surface area contributed by atoms with Crippen LogP contribution >= 0.6 is 0 Å². The predicted molar refractivity (Wildman–Crippen MR) is 116 cm³/mol. The molecule has 1 spiro atoms. The summed E-state index contributed by atoms with van der Waals surface area (Å²) in [5.74, 6) is 0.856. The highest BCUT2D eigenvalue weighted by atomic mass is 16.5. The maximum atomic E-state index is 13.1. The number of carbonyl (C=O) groups is 2. The molecule has 0 saturated carbocycles. The number of hydrazine groups is 1. The highest BCUT2D eigenvalue weighted by molar-refractivity contribution is 6.02. The van der Waals surface area contributed by atoms with E-state index < -0.39 is 5.66 Å². The second kappa shape index (κ2) is 7.86. The number of carbonyl (C=O) groups excluding carboxylic acids is 2. The van der Waals surface area contributed by atoms with Crippen LogP contribution in [0.4, 0.5) is 5.69 Å². The number of amides is 2. The summed E-state index contributed by atoms with van der Waals surface area (Å²) < 4.78 is 5.22. The Morgan fingerprint density at radius 1 is 1.03 bits per heavy atom. The summed E-state index contributed by atoms with van der Waals surface area (Å²) in [6, 6.07) is 15.2. The van der Waals surface area contributed by atoms with Crippen molar-refractivity contribution >= 4 is 17.5 Å². The molecule has 0 aliphatic carbocycles. The zero-order valence-corrected chi connectivity index (χ0v) is 17.5. The highest BCUT2D eigenvalue weighted by Gasteiger charge is 2.42. The molecule has 8 nitrogen and oxygen atoms in total. The summed E-state index contributed by atoms with van der Waals surface area (Å²) in [5.41, 5.74) is 8.56. The fourth-order valence-corrected chi connectivity index (χ4v) is 4.72. The number of hydrogen-bond acceptors (Lipinski definition) is 6. The van der Waals surface area contributed by atoms with Crippen LogP contribution in [-0.2, 0) is 4.79 Å².